The summed E-state index contributed by atoms with van der Waals surface area (Å²) in [6.45, 7) is 0.121. The van der Waals surface area contributed by atoms with E-state index in [4.69, 9.17) is 0 Å². The summed E-state index contributed by atoms with van der Waals surface area (Å²) in [5, 5.41) is 4.05. The summed E-state index contributed by atoms with van der Waals surface area (Å²) in [5.74, 6) is -0.480. The average Bonchev–Trinajstić information content (AvgIpc) is 3.09. The van der Waals surface area contributed by atoms with Crippen molar-refractivity contribution in [2.45, 2.75) is 23.2 Å². The van der Waals surface area contributed by atoms with Gasteiger partial charge in [-0.2, -0.15) is 13.2 Å². The number of hydrogen-bond donors (Lipinski definition) is 1. The Labute approximate surface area is 153 Å². The molecule has 0 aliphatic heterocycles. The minimum Gasteiger partial charge on any atom is -0.326 e. The fraction of sp³-hybridized carbons (Fsp3) is 0.312. The van der Waals surface area contributed by atoms with E-state index in [-0.39, 0.29) is 29.3 Å². The molecule has 0 saturated carbocycles. The van der Waals surface area contributed by atoms with E-state index in [1.54, 1.807) is 11.4 Å². The van der Waals surface area contributed by atoms with E-state index in [1.807, 2.05) is 0 Å². The molecule has 0 radical (unpaired) electrons. The minimum atomic E-state index is -4.49. The van der Waals surface area contributed by atoms with E-state index in [0.717, 1.165) is 27.8 Å². The standard InChI is InChI=1S/C16H17F3N2O3S2/c1-21(26(23,24)15-8-4-10-25-15)9-3-7-14(22)20-13-6-2-5-12(11-13)16(17,18)19/h2,4-6,8,10-11H,3,7,9H2,1H3,(H,20,22). The van der Waals surface area contributed by atoms with Gasteiger partial charge in [-0.1, -0.05) is 12.1 Å². The van der Waals surface area contributed by atoms with Gasteiger partial charge in [0.25, 0.3) is 10.0 Å². The van der Waals surface area contributed by atoms with E-state index in [0.29, 0.717) is 0 Å². The first-order valence-corrected chi connectivity index (χ1v) is 9.89. The van der Waals surface area contributed by atoms with Gasteiger partial charge in [0.15, 0.2) is 0 Å². The lowest BCUT2D eigenvalue weighted by atomic mass is 10.2. The number of amides is 1. The van der Waals surface area contributed by atoms with Gasteiger partial charge in [-0.3, -0.25) is 4.79 Å². The van der Waals surface area contributed by atoms with Crippen LogP contribution in [-0.2, 0) is 21.0 Å². The highest BCUT2D eigenvalue weighted by atomic mass is 32.2. The molecule has 5 nitrogen and oxygen atoms in total. The second-order valence-electron chi connectivity index (χ2n) is 5.49. The van der Waals surface area contributed by atoms with Crippen LogP contribution in [0.25, 0.3) is 0 Å². The zero-order chi connectivity index (χ0) is 19.4. The smallest absolute Gasteiger partial charge is 0.326 e. The maximum Gasteiger partial charge on any atom is 0.416 e. The van der Waals surface area contributed by atoms with E-state index < -0.39 is 27.7 Å². The number of nitrogens with zero attached hydrogens (tertiary/aromatic N) is 1. The molecule has 1 N–H and O–H groups in total. The highest BCUT2D eigenvalue weighted by molar-refractivity contribution is 7.91. The van der Waals surface area contributed by atoms with E-state index in [9.17, 15) is 26.4 Å². The highest BCUT2D eigenvalue weighted by Crippen LogP contribution is 2.30. The number of nitrogens with one attached hydrogen (secondary N) is 1. The first-order chi connectivity index (χ1) is 12.1. The fourth-order valence-electron chi connectivity index (χ4n) is 2.14. The van der Waals surface area contributed by atoms with Gasteiger partial charge in [-0.15, -0.1) is 11.3 Å². The molecule has 10 heteroatoms. The number of sulfonamides is 1. The quantitative estimate of drug-likeness (QED) is 0.761. The topological polar surface area (TPSA) is 66.5 Å². The average molecular weight is 406 g/mol. The van der Waals surface area contributed by atoms with Gasteiger partial charge < -0.3 is 5.32 Å². The minimum absolute atomic E-state index is 0.0133. The molecule has 0 fully saturated rings. The van der Waals surface area contributed by atoms with Crippen LogP contribution in [0.15, 0.2) is 46.0 Å². The summed E-state index contributed by atoms with van der Waals surface area (Å²) in [5.41, 5.74) is -0.804. The van der Waals surface area contributed by atoms with Gasteiger partial charge in [0.05, 0.1) is 5.56 Å². The third kappa shape index (κ3) is 5.29. The maximum absolute atomic E-state index is 12.7. The summed E-state index contributed by atoms with van der Waals surface area (Å²) in [6.07, 6.45) is -4.26. The van der Waals surface area contributed by atoms with Crippen molar-refractivity contribution in [2.75, 3.05) is 18.9 Å². The summed E-state index contributed by atoms with van der Waals surface area (Å²) in [4.78, 5) is 11.9. The van der Waals surface area contributed by atoms with Gasteiger partial charge in [-0.05, 0) is 36.1 Å². The van der Waals surface area contributed by atoms with Crippen LogP contribution in [0, 0.1) is 0 Å². The van der Waals surface area contributed by atoms with Crippen molar-refractivity contribution < 1.29 is 26.4 Å². The fourth-order valence-corrected chi connectivity index (χ4v) is 4.55. The molecular formula is C16H17F3N2O3S2. The van der Waals surface area contributed by atoms with Crippen molar-refractivity contribution in [3.63, 3.8) is 0 Å². The maximum atomic E-state index is 12.7. The molecule has 0 spiro atoms. The third-order valence-electron chi connectivity index (χ3n) is 3.51. The van der Waals surface area contributed by atoms with Crippen molar-refractivity contribution >= 4 is 33.0 Å². The molecule has 1 heterocycles. The molecule has 26 heavy (non-hydrogen) atoms. The summed E-state index contributed by atoms with van der Waals surface area (Å²) < 4.78 is 63.8. The van der Waals surface area contributed by atoms with Crippen LogP contribution in [0.5, 0.6) is 0 Å². The molecule has 1 aromatic carbocycles. The lowest BCUT2D eigenvalue weighted by Gasteiger charge is -2.15. The van der Waals surface area contributed by atoms with E-state index in [1.165, 1.54) is 25.2 Å². The number of carbonyl (C=O) groups is 1. The highest BCUT2D eigenvalue weighted by Gasteiger charge is 2.30. The monoisotopic (exact) mass is 406 g/mol. The second-order valence-corrected chi connectivity index (χ2v) is 8.71. The molecule has 142 valence electrons. The Hall–Kier alpha value is -1.91. The molecule has 0 unspecified atom stereocenters. The van der Waals surface area contributed by atoms with E-state index >= 15 is 0 Å². The van der Waals surface area contributed by atoms with Crippen molar-refractivity contribution in [2.24, 2.45) is 0 Å². The zero-order valence-corrected chi connectivity index (χ0v) is 15.4. The van der Waals surface area contributed by atoms with Crippen molar-refractivity contribution in [3.05, 3.63) is 47.3 Å². The summed E-state index contributed by atoms with van der Waals surface area (Å²) in [7, 11) is -2.16. The van der Waals surface area contributed by atoms with Crippen LogP contribution in [-0.4, -0.2) is 32.2 Å². The van der Waals surface area contributed by atoms with Crippen LogP contribution in [0.3, 0.4) is 0 Å². The number of hydrogen-bond acceptors (Lipinski definition) is 4. The van der Waals surface area contributed by atoms with E-state index in [2.05, 4.69) is 5.32 Å². The normalized spacial score (nSPS) is 12.3. The van der Waals surface area contributed by atoms with Crippen LogP contribution in [0.1, 0.15) is 18.4 Å². The van der Waals surface area contributed by atoms with Crippen LogP contribution in [0.2, 0.25) is 0 Å². The number of rotatable bonds is 7. The molecule has 0 aliphatic rings. The van der Waals surface area contributed by atoms with Gasteiger partial charge >= 0.3 is 6.18 Å². The number of carbonyl (C=O) groups excluding carboxylic acids is 1. The number of halogens is 3. The molecule has 0 bridgehead atoms. The van der Waals surface area contributed by atoms with Gasteiger partial charge in [0, 0.05) is 25.7 Å². The number of benzene rings is 1. The molecule has 0 saturated heterocycles. The largest absolute Gasteiger partial charge is 0.416 e. The zero-order valence-electron chi connectivity index (χ0n) is 13.8. The molecule has 0 aliphatic carbocycles. The Bertz CT molecular complexity index is 850. The van der Waals surface area contributed by atoms with Gasteiger partial charge in [0.1, 0.15) is 4.21 Å². The Kier molecular flexibility index (Phi) is 6.43. The lowest BCUT2D eigenvalue weighted by Crippen LogP contribution is -2.28. The van der Waals surface area contributed by atoms with Gasteiger partial charge in [0.2, 0.25) is 5.91 Å². The van der Waals surface area contributed by atoms with Crippen molar-refractivity contribution in [1.82, 2.24) is 4.31 Å². The third-order valence-corrected chi connectivity index (χ3v) is 6.74. The number of anilines is 1. The predicted octanol–water partition coefficient (Wildman–Crippen LogP) is 3.81. The Balaban J connectivity index is 1.86. The molecule has 2 aromatic rings. The molecule has 2 rings (SSSR count). The molecular weight excluding hydrogens is 389 g/mol. The summed E-state index contributed by atoms with van der Waals surface area (Å²) >= 11 is 1.10. The summed E-state index contributed by atoms with van der Waals surface area (Å²) in [6, 6.07) is 7.47. The SMILES string of the molecule is CN(CCCC(=O)Nc1cccc(C(F)(F)F)c1)S(=O)(=O)c1cccs1. The first kappa shape index (κ1) is 20.4. The van der Waals surface area contributed by atoms with Crippen molar-refractivity contribution in [1.29, 1.82) is 0 Å². The van der Waals surface area contributed by atoms with Crippen molar-refractivity contribution in [3.8, 4) is 0 Å². The molecule has 1 amide bonds. The molecule has 0 atom stereocenters. The Morgan fingerprint density at radius 1 is 1.23 bits per heavy atom. The number of alkyl halides is 3. The van der Waals surface area contributed by atoms with Crippen LogP contribution < -0.4 is 5.32 Å². The first-order valence-electron chi connectivity index (χ1n) is 7.57. The van der Waals surface area contributed by atoms with Crippen LogP contribution >= 0.6 is 11.3 Å². The molecule has 1 aromatic heterocycles. The predicted molar refractivity (Wildman–Crippen MR) is 93.4 cm³/mol. The van der Waals surface area contributed by atoms with Crippen LogP contribution in [0.4, 0.5) is 18.9 Å². The van der Waals surface area contributed by atoms with Gasteiger partial charge in [-0.25, -0.2) is 12.7 Å². The number of thiophene rings is 1. The Morgan fingerprint density at radius 3 is 2.58 bits per heavy atom. The second kappa shape index (κ2) is 8.19. The Morgan fingerprint density at radius 2 is 1.96 bits per heavy atom. The lowest BCUT2D eigenvalue weighted by molar-refractivity contribution is -0.137.